The van der Waals surface area contributed by atoms with E-state index in [1.54, 1.807) is 0 Å². The first-order chi connectivity index (χ1) is 8.08. The number of aryl methyl sites for hydroxylation is 2. The summed E-state index contributed by atoms with van der Waals surface area (Å²) in [5.41, 5.74) is 3.26. The zero-order chi connectivity index (χ0) is 12.8. The molecule has 1 rings (SSSR count). The van der Waals surface area contributed by atoms with E-state index in [0.29, 0.717) is 5.75 Å². The van der Waals surface area contributed by atoms with Crippen LogP contribution in [0, 0.1) is 13.8 Å². The van der Waals surface area contributed by atoms with Gasteiger partial charge in [-0.25, -0.2) is 0 Å². The van der Waals surface area contributed by atoms with E-state index in [4.69, 9.17) is 0 Å². The zero-order valence-electron chi connectivity index (χ0n) is 11.6. The van der Waals surface area contributed by atoms with Crippen LogP contribution in [0.4, 0.5) is 0 Å². The van der Waals surface area contributed by atoms with Crippen molar-refractivity contribution in [2.45, 2.75) is 47.1 Å². The molecule has 0 heterocycles. The lowest BCUT2D eigenvalue weighted by atomic mass is 10.1. The van der Waals surface area contributed by atoms with Crippen molar-refractivity contribution in [1.29, 1.82) is 0 Å². The van der Waals surface area contributed by atoms with Crippen LogP contribution < -0.4 is 0 Å². The fraction of sp³-hybridized carbons (Fsp3) is 0.600. The third kappa shape index (κ3) is 4.04. The highest BCUT2D eigenvalue weighted by atomic mass is 16.3. The Bertz CT molecular complexity index is 337. The molecule has 0 aliphatic heterocycles. The summed E-state index contributed by atoms with van der Waals surface area (Å²) in [6.07, 6.45) is 2.49. The van der Waals surface area contributed by atoms with Gasteiger partial charge in [-0.15, -0.1) is 0 Å². The number of phenols is 1. The molecule has 0 fully saturated rings. The van der Waals surface area contributed by atoms with E-state index in [0.717, 1.165) is 30.8 Å². The molecular weight excluding hydrogens is 210 g/mol. The molecule has 1 aromatic rings. The number of aromatic hydroxyl groups is 1. The average molecular weight is 235 g/mol. The van der Waals surface area contributed by atoms with Crippen molar-refractivity contribution < 1.29 is 5.11 Å². The van der Waals surface area contributed by atoms with Gasteiger partial charge in [0, 0.05) is 6.54 Å². The van der Waals surface area contributed by atoms with E-state index >= 15 is 0 Å². The molecule has 1 N–H and O–H groups in total. The van der Waals surface area contributed by atoms with Crippen LogP contribution in [0.3, 0.4) is 0 Å². The lowest BCUT2D eigenvalue weighted by Gasteiger charge is -2.21. The van der Waals surface area contributed by atoms with Gasteiger partial charge in [0.1, 0.15) is 5.75 Å². The van der Waals surface area contributed by atoms with Crippen LogP contribution in [0.15, 0.2) is 12.1 Å². The quantitative estimate of drug-likeness (QED) is 0.814. The molecule has 0 spiro atoms. The Hall–Kier alpha value is -1.02. The fourth-order valence-electron chi connectivity index (χ4n) is 2.13. The SMILES string of the molecule is CCCCN(CC)Cc1cc(C)c(O)c(C)c1. The molecular formula is C15H25NO. The second-order valence-corrected chi connectivity index (χ2v) is 4.80. The normalized spacial score (nSPS) is 11.1. The second-order valence-electron chi connectivity index (χ2n) is 4.80. The van der Waals surface area contributed by atoms with Gasteiger partial charge in [0.05, 0.1) is 0 Å². The monoisotopic (exact) mass is 235 g/mol. The van der Waals surface area contributed by atoms with Gasteiger partial charge in [0.15, 0.2) is 0 Å². The van der Waals surface area contributed by atoms with E-state index in [1.807, 2.05) is 13.8 Å². The van der Waals surface area contributed by atoms with Crippen molar-refractivity contribution in [2.24, 2.45) is 0 Å². The van der Waals surface area contributed by atoms with Gasteiger partial charge >= 0.3 is 0 Å². The number of phenolic OH excluding ortho intramolecular Hbond substituents is 1. The number of hydrogen-bond donors (Lipinski definition) is 1. The maximum atomic E-state index is 9.75. The molecule has 2 heteroatoms. The Kier molecular flexibility index (Phi) is 5.49. The summed E-state index contributed by atoms with van der Waals surface area (Å²) in [7, 11) is 0. The molecule has 17 heavy (non-hydrogen) atoms. The van der Waals surface area contributed by atoms with Crippen LogP contribution in [-0.2, 0) is 6.54 Å². The zero-order valence-corrected chi connectivity index (χ0v) is 11.6. The van der Waals surface area contributed by atoms with Gasteiger partial charge < -0.3 is 5.11 Å². The third-order valence-electron chi connectivity index (χ3n) is 3.23. The second kappa shape index (κ2) is 6.65. The van der Waals surface area contributed by atoms with Crippen molar-refractivity contribution in [3.63, 3.8) is 0 Å². The van der Waals surface area contributed by atoms with Crippen molar-refractivity contribution in [1.82, 2.24) is 4.90 Å². The molecule has 0 aromatic heterocycles. The van der Waals surface area contributed by atoms with Crippen LogP contribution >= 0.6 is 0 Å². The molecule has 0 aliphatic carbocycles. The Balaban J connectivity index is 2.72. The highest BCUT2D eigenvalue weighted by molar-refractivity contribution is 5.42. The molecule has 0 unspecified atom stereocenters. The smallest absolute Gasteiger partial charge is 0.121 e. The molecule has 96 valence electrons. The molecule has 0 aliphatic rings. The van der Waals surface area contributed by atoms with Crippen LogP contribution in [0.1, 0.15) is 43.4 Å². The van der Waals surface area contributed by atoms with Crippen LogP contribution in [0.2, 0.25) is 0 Å². The van der Waals surface area contributed by atoms with E-state index in [-0.39, 0.29) is 0 Å². The summed E-state index contributed by atoms with van der Waals surface area (Å²) in [6.45, 7) is 11.6. The Labute approximate surface area is 105 Å². The number of nitrogens with zero attached hydrogens (tertiary/aromatic N) is 1. The first kappa shape index (κ1) is 14.0. The highest BCUT2D eigenvalue weighted by Gasteiger charge is 2.07. The predicted molar refractivity (Wildman–Crippen MR) is 73.4 cm³/mol. The Morgan fingerprint density at radius 1 is 1.12 bits per heavy atom. The topological polar surface area (TPSA) is 23.5 Å². The van der Waals surface area contributed by atoms with Crippen LogP contribution in [0.25, 0.3) is 0 Å². The lowest BCUT2D eigenvalue weighted by molar-refractivity contribution is 0.275. The van der Waals surface area contributed by atoms with Crippen molar-refractivity contribution in [2.75, 3.05) is 13.1 Å². The molecule has 0 saturated heterocycles. The van der Waals surface area contributed by atoms with Crippen molar-refractivity contribution in [3.05, 3.63) is 28.8 Å². The summed E-state index contributed by atoms with van der Waals surface area (Å²) in [4.78, 5) is 2.45. The first-order valence-corrected chi connectivity index (χ1v) is 6.59. The van der Waals surface area contributed by atoms with Gasteiger partial charge in [-0.3, -0.25) is 4.90 Å². The summed E-state index contributed by atoms with van der Waals surface area (Å²) < 4.78 is 0. The maximum Gasteiger partial charge on any atom is 0.121 e. The number of unbranched alkanes of at least 4 members (excludes halogenated alkanes) is 1. The predicted octanol–water partition coefficient (Wildman–Crippen LogP) is 3.63. The van der Waals surface area contributed by atoms with Gasteiger partial charge in [-0.1, -0.05) is 32.4 Å². The first-order valence-electron chi connectivity index (χ1n) is 6.59. The molecule has 1 aromatic carbocycles. The fourth-order valence-corrected chi connectivity index (χ4v) is 2.13. The highest BCUT2D eigenvalue weighted by Crippen LogP contribution is 2.23. The van der Waals surface area contributed by atoms with Gasteiger partial charge in [-0.2, -0.15) is 0 Å². The number of benzene rings is 1. The standard InChI is InChI=1S/C15H25NO/c1-5-7-8-16(6-2)11-14-9-12(3)15(17)13(4)10-14/h9-10,17H,5-8,11H2,1-4H3. The minimum atomic E-state index is 0.436. The van der Waals surface area contributed by atoms with E-state index < -0.39 is 0 Å². The van der Waals surface area contributed by atoms with Crippen LogP contribution in [0.5, 0.6) is 5.75 Å². The summed E-state index contributed by atoms with van der Waals surface area (Å²) in [5, 5.41) is 9.75. The summed E-state index contributed by atoms with van der Waals surface area (Å²) in [5.74, 6) is 0.436. The molecule has 0 atom stereocenters. The van der Waals surface area contributed by atoms with E-state index in [9.17, 15) is 5.11 Å². The molecule has 0 saturated carbocycles. The Morgan fingerprint density at radius 3 is 2.18 bits per heavy atom. The van der Waals surface area contributed by atoms with Gasteiger partial charge in [-0.05, 0) is 50.0 Å². The van der Waals surface area contributed by atoms with Crippen molar-refractivity contribution >= 4 is 0 Å². The van der Waals surface area contributed by atoms with E-state index in [2.05, 4.69) is 30.9 Å². The molecule has 0 amide bonds. The van der Waals surface area contributed by atoms with Crippen LogP contribution in [-0.4, -0.2) is 23.1 Å². The third-order valence-corrected chi connectivity index (χ3v) is 3.23. The Morgan fingerprint density at radius 2 is 1.71 bits per heavy atom. The minimum Gasteiger partial charge on any atom is -0.507 e. The van der Waals surface area contributed by atoms with Gasteiger partial charge in [0.2, 0.25) is 0 Å². The van der Waals surface area contributed by atoms with Gasteiger partial charge in [0.25, 0.3) is 0 Å². The molecule has 0 bridgehead atoms. The summed E-state index contributed by atoms with van der Waals surface area (Å²) in [6, 6.07) is 4.19. The van der Waals surface area contributed by atoms with E-state index in [1.165, 1.54) is 18.4 Å². The molecule has 2 nitrogen and oxygen atoms in total. The number of rotatable bonds is 6. The summed E-state index contributed by atoms with van der Waals surface area (Å²) >= 11 is 0. The van der Waals surface area contributed by atoms with Crippen molar-refractivity contribution in [3.8, 4) is 5.75 Å². The minimum absolute atomic E-state index is 0.436. The largest absolute Gasteiger partial charge is 0.507 e. The lowest BCUT2D eigenvalue weighted by Crippen LogP contribution is -2.24. The number of hydrogen-bond acceptors (Lipinski definition) is 2. The average Bonchev–Trinajstić information content (AvgIpc) is 2.31. The maximum absolute atomic E-state index is 9.75. The molecule has 0 radical (unpaired) electrons.